The average Bonchev–Trinajstić information content (AvgIpc) is 3.25. The van der Waals surface area contributed by atoms with E-state index in [2.05, 4.69) is 51.0 Å². The van der Waals surface area contributed by atoms with Crippen LogP contribution in [0.3, 0.4) is 0 Å². The molecule has 0 aliphatic rings. The van der Waals surface area contributed by atoms with Gasteiger partial charge in [-0.1, -0.05) is 24.3 Å². The standard InChI is InChI=1S/C20H20N4O/c1-14(22-13-20-23-18-5-3-4-6-19(18)25-20)16-7-9-17(10-8-16)24-12-11-21-15(24)2/h3-12,14,22H,13H2,1-2H3. The normalized spacial score (nSPS) is 12.6. The molecule has 2 aromatic heterocycles. The number of nitrogens with one attached hydrogen (secondary N) is 1. The second-order valence-corrected chi connectivity index (χ2v) is 6.11. The Kier molecular flexibility index (Phi) is 4.07. The van der Waals surface area contributed by atoms with Crippen LogP contribution >= 0.6 is 0 Å². The molecule has 0 fully saturated rings. The summed E-state index contributed by atoms with van der Waals surface area (Å²) in [6.45, 7) is 4.73. The number of hydrogen-bond donors (Lipinski definition) is 1. The van der Waals surface area contributed by atoms with Crippen LogP contribution < -0.4 is 5.32 Å². The highest BCUT2D eigenvalue weighted by Gasteiger charge is 2.09. The van der Waals surface area contributed by atoms with Crippen LogP contribution in [0.4, 0.5) is 0 Å². The van der Waals surface area contributed by atoms with Crippen LogP contribution in [-0.4, -0.2) is 14.5 Å². The third-order valence-corrected chi connectivity index (χ3v) is 4.39. The second kappa shape index (κ2) is 6.53. The number of imidazole rings is 1. The SMILES string of the molecule is Cc1nccn1-c1ccc(C(C)NCc2nc3ccccc3o2)cc1. The van der Waals surface area contributed by atoms with Gasteiger partial charge < -0.3 is 14.3 Å². The van der Waals surface area contributed by atoms with E-state index in [-0.39, 0.29) is 6.04 Å². The molecule has 2 heterocycles. The van der Waals surface area contributed by atoms with E-state index >= 15 is 0 Å². The van der Waals surface area contributed by atoms with Gasteiger partial charge in [0, 0.05) is 24.1 Å². The number of hydrogen-bond acceptors (Lipinski definition) is 4. The molecule has 126 valence electrons. The lowest BCUT2D eigenvalue weighted by Crippen LogP contribution is -2.18. The van der Waals surface area contributed by atoms with Crippen LogP contribution in [-0.2, 0) is 6.54 Å². The van der Waals surface area contributed by atoms with E-state index in [1.54, 1.807) is 0 Å². The molecule has 0 bridgehead atoms. The fourth-order valence-electron chi connectivity index (χ4n) is 2.93. The van der Waals surface area contributed by atoms with Gasteiger partial charge in [0.2, 0.25) is 5.89 Å². The lowest BCUT2D eigenvalue weighted by Gasteiger charge is -2.14. The molecule has 5 nitrogen and oxygen atoms in total. The van der Waals surface area contributed by atoms with Gasteiger partial charge in [0.05, 0.1) is 6.54 Å². The summed E-state index contributed by atoms with van der Waals surface area (Å²) in [5, 5.41) is 3.47. The summed E-state index contributed by atoms with van der Waals surface area (Å²) in [7, 11) is 0. The van der Waals surface area contributed by atoms with Crippen molar-refractivity contribution in [2.75, 3.05) is 0 Å². The molecule has 4 rings (SSSR count). The maximum Gasteiger partial charge on any atom is 0.209 e. The van der Waals surface area contributed by atoms with Crippen LogP contribution in [0, 0.1) is 6.92 Å². The Balaban J connectivity index is 1.44. The summed E-state index contributed by atoms with van der Waals surface area (Å²) in [6.07, 6.45) is 3.78. The molecule has 5 heteroatoms. The smallest absolute Gasteiger partial charge is 0.209 e. The monoisotopic (exact) mass is 332 g/mol. The number of oxazole rings is 1. The summed E-state index contributed by atoms with van der Waals surface area (Å²) >= 11 is 0. The van der Waals surface area contributed by atoms with Gasteiger partial charge in [-0.3, -0.25) is 0 Å². The third kappa shape index (κ3) is 3.19. The molecular formula is C20H20N4O. The zero-order valence-corrected chi connectivity index (χ0v) is 14.3. The van der Waals surface area contributed by atoms with Crippen LogP contribution in [0.1, 0.15) is 30.2 Å². The molecule has 0 aliphatic carbocycles. The highest BCUT2D eigenvalue weighted by Crippen LogP contribution is 2.18. The van der Waals surface area contributed by atoms with E-state index in [0.29, 0.717) is 12.4 Å². The largest absolute Gasteiger partial charge is 0.439 e. The molecule has 1 N–H and O–H groups in total. The Morgan fingerprint density at radius 2 is 1.92 bits per heavy atom. The minimum absolute atomic E-state index is 0.202. The first-order valence-corrected chi connectivity index (χ1v) is 8.39. The van der Waals surface area contributed by atoms with Crippen molar-refractivity contribution < 1.29 is 4.42 Å². The molecule has 0 spiro atoms. The van der Waals surface area contributed by atoms with Gasteiger partial charge in [0.1, 0.15) is 11.3 Å². The van der Waals surface area contributed by atoms with Gasteiger partial charge in [-0.15, -0.1) is 0 Å². The summed E-state index contributed by atoms with van der Waals surface area (Å²) < 4.78 is 7.82. The van der Waals surface area contributed by atoms with Gasteiger partial charge in [0.15, 0.2) is 5.58 Å². The Bertz CT molecular complexity index is 951. The van der Waals surface area contributed by atoms with Crippen molar-refractivity contribution in [3.63, 3.8) is 0 Å². The van der Waals surface area contributed by atoms with E-state index in [1.807, 2.05) is 43.6 Å². The fraction of sp³-hybridized carbons (Fsp3) is 0.200. The highest BCUT2D eigenvalue weighted by atomic mass is 16.3. The lowest BCUT2D eigenvalue weighted by atomic mass is 10.1. The van der Waals surface area contributed by atoms with E-state index in [4.69, 9.17) is 4.42 Å². The zero-order chi connectivity index (χ0) is 17.2. The first-order chi connectivity index (χ1) is 12.2. The van der Waals surface area contributed by atoms with Gasteiger partial charge in [-0.25, -0.2) is 9.97 Å². The Labute approximate surface area is 146 Å². The summed E-state index contributed by atoms with van der Waals surface area (Å²) in [6, 6.07) is 16.5. The van der Waals surface area contributed by atoms with Gasteiger partial charge >= 0.3 is 0 Å². The van der Waals surface area contributed by atoms with Gasteiger partial charge in [0.25, 0.3) is 0 Å². The van der Waals surface area contributed by atoms with Gasteiger partial charge in [-0.2, -0.15) is 0 Å². The molecule has 4 aromatic rings. The summed E-state index contributed by atoms with van der Waals surface area (Å²) in [5.41, 5.74) is 4.06. The Hall–Kier alpha value is -2.92. The van der Waals surface area contributed by atoms with E-state index in [1.165, 1.54) is 5.56 Å². The molecule has 1 atom stereocenters. The molecular weight excluding hydrogens is 312 g/mol. The molecule has 0 saturated heterocycles. The van der Waals surface area contributed by atoms with Crippen molar-refractivity contribution in [2.45, 2.75) is 26.4 Å². The van der Waals surface area contributed by atoms with Crippen LogP contribution in [0.15, 0.2) is 65.3 Å². The van der Waals surface area contributed by atoms with E-state index < -0.39 is 0 Å². The lowest BCUT2D eigenvalue weighted by molar-refractivity contribution is 0.467. The maximum atomic E-state index is 5.75. The molecule has 25 heavy (non-hydrogen) atoms. The van der Waals surface area contributed by atoms with Crippen molar-refractivity contribution in [1.29, 1.82) is 0 Å². The average molecular weight is 332 g/mol. The Morgan fingerprint density at radius 1 is 1.12 bits per heavy atom. The van der Waals surface area contributed by atoms with Crippen molar-refractivity contribution in [1.82, 2.24) is 19.9 Å². The molecule has 0 radical (unpaired) electrons. The molecule has 1 unspecified atom stereocenters. The number of fused-ring (bicyclic) bond motifs is 1. The predicted octanol–water partition coefficient (Wildman–Crippen LogP) is 4.17. The molecule has 2 aromatic carbocycles. The first-order valence-electron chi connectivity index (χ1n) is 8.39. The molecule has 0 saturated carbocycles. The minimum Gasteiger partial charge on any atom is -0.439 e. The van der Waals surface area contributed by atoms with Crippen LogP contribution in [0.2, 0.25) is 0 Å². The molecule has 0 aliphatic heterocycles. The van der Waals surface area contributed by atoms with Crippen molar-refractivity contribution in [3.8, 4) is 5.69 Å². The molecule has 0 amide bonds. The van der Waals surface area contributed by atoms with Crippen molar-refractivity contribution >= 4 is 11.1 Å². The maximum absolute atomic E-state index is 5.75. The number of aryl methyl sites for hydroxylation is 1. The van der Waals surface area contributed by atoms with Crippen molar-refractivity contribution in [2.24, 2.45) is 0 Å². The summed E-state index contributed by atoms with van der Waals surface area (Å²) in [4.78, 5) is 8.76. The zero-order valence-electron chi connectivity index (χ0n) is 14.3. The van der Waals surface area contributed by atoms with Crippen molar-refractivity contribution in [3.05, 3.63) is 78.2 Å². The summed E-state index contributed by atoms with van der Waals surface area (Å²) in [5.74, 6) is 1.69. The fourth-order valence-corrected chi connectivity index (χ4v) is 2.93. The van der Waals surface area contributed by atoms with Gasteiger partial charge in [-0.05, 0) is 43.7 Å². The third-order valence-electron chi connectivity index (χ3n) is 4.39. The topological polar surface area (TPSA) is 55.9 Å². The predicted molar refractivity (Wildman–Crippen MR) is 97.6 cm³/mol. The minimum atomic E-state index is 0.202. The highest BCUT2D eigenvalue weighted by molar-refractivity contribution is 5.72. The number of rotatable bonds is 5. The second-order valence-electron chi connectivity index (χ2n) is 6.11. The quantitative estimate of drug-likeness (QED) is 0.596. The Morgan fingerprint density at radius 3 is 2.64 bits per heavy atom. The van der Waals surface area contributed by atoms with Crippen LogP contribution in [0.25, 0.3) is 16.8 Å². The van der Waals surface area contributed by atoms with E-state index in [9.17, 15) is 0 Å². The number of para-hydroxylation sites is 2. The first kappa shape index (κ1) is 15.6. The van der Waals surface area contributed by atoms with Crippen LogP contribution in [0.5, 0.6) is 0 Å². The number of aromatic nitrogens is 3. The van der Waals surface area contributed by atoms with E-state index in [0.717, 1.165) is 22.6 Å². The number of benzene rings is 2. The number of nitrogens with zero attached hydrogens (tertiary/aromatic N) is 3.